The summed E-state index contributed by atoms with van der Waals surface area (Å²) in [7, 11) is 0. The molecular formula is C20H19ClN2OS2. The Morgan fingerprint density at radius 1 is 1.12 bits per heavy atom. The van der Waals surface area contributed by atoms with Gasteiger partial charge in [-0.15, -0.1) is 11.3 Å². The number of anilines is 1. The highest BCUT2D eigenvalue weighted by Crippen LogP contribution is 2.21. The Hall–Kier alpha value is -1.82. The fourth-order valence-electron chi connectivity index (χ4n) is 2.33. The van der Waals surface area contributed by atoms with E-state index in [2.05, 4.69) is 10.3 Å². The van der Waals surface area contributed by atoms with Gasteiger partial charge in [0.15, 0.2) is 0 Å². The highest BCUT2D eigenvalue weighted by Gasteiger charge is 2.09. The Bertz CT molecular complexity index is 860. The number of thiazole rings is 1. The number of nitrogens with one attached hydrogen (secondary N) is 1. The molecule has 3 rings (SSSR count). The minimum atomic E-state index is -0.0384. The van der Waals surface area contributed by atoms with Crippen LogP contribution in [0.2, 0.25) is 5.02 Å². The van der Waals surface area contributed by atoms with Gasteiger partial charge in [-0.3, -0.25) is 4.79 Å². The van der Waals surface area contributed by atoms with E-state index in [1.807, 2.05) is 60.8 Å². The largest absolute Gasteiger partial charge is 0.326 e. The van der Waals surface area contributed by atoms with Crippen LogP contribution in [-0.4, -0.2) is 10.9 Å². The van der Waals surface area contributed by atoms with E-state index in [1.165, 1.54) is 22.5 Å². The van der Waals surface area contributed by atoms with E-state index < -0.39 is 0 Å². The Labute approximate surface area is 166 Å². The number of amides is 1. The first-order valence-corrected chi connectivity index (χ1v) is 10.6. The number of aromatic nitrogens is 1. The van der Waals surface area contributed by atoms with E-state index in [0.29, 0.717) is 6.42 Å². The Morgan fingerprint density at radius 2 is 1.85 bits per heavy atom. The third-order valence-corrected chi connectivity index (χ3v) is 5.87. The molecule has 0 spiro atoms. The minimum Gasteiger partial charge on any atom is -0.326 e. The molecule has 134 valence electrons. The fourth-order valence-corrected chi connectivity index (χ4v) is 4.24. The Morgan fingerprint density at radius 3 is 2.58 bits per heavy atom. The average molecular weight is 403 g/mol. The number of carbonyl (C=O) groups excluding carboxylic acids is 1. The molecule has 26 heavy (non-hydrogen) atoms. The molecule has 0 radical (unpaired) electrons. The van der Waals surface area contributed by atoms with Crippen LogP contribution < -0.4 is 5.32 Å². The van der Waals surface area contributed by atoms with Crippen molar-refractivity contribution < 1.29 is 4.79 Å². The zero-order valence-corrected chi connectivity index (χ0v) is 16.8. The van der Waals surface area contributed by atoms with Crippen LogP contribution in [0.3, 0.4) is 0 Å². The molecule has 1 amide bonds. The van der Waals surface area contributed by atoms with E-state index in [-0.39, 0.29) is 5.91 Å². The molecule has 1 N–H and O–H groups in total. The van der Waals surface area contributed by atoms with Gasteiger partial charge in [0.05, 0.1) is 12.1 Å². The van der Waals surface area contributed by atoms with Gasteiger partial charge >= 0.3 is 0 Å². The third-order valence-electron chi connectivity index (χ3n) is 3.68. The average Bonchev–Trinajstić information content (AvgIpc) is 3.06. The van der Waals surface area contributed by atoms with Gasteiger partial charge in [0, 0.05) is 27.6 Å². The maximum absolute atomic E-state index is 12.1. The molecule has 3 nitrogen and oxygen atoms in total. The van der Waals surface area contributed by atoms with E-state index in [0.717, 1.165) is 32.9 Å². The molecule has 0 saturated carbocycles. The number of carbonyl (C=O) groups is 1. The summed E-state index contributed by atoms with van der Waals surface area (Å²) in [5.74, 6) is 1.71. The number of hydrogen-bond acceptors (Lipinski definition) is 4. The molecule has 0 atom stereocenters. The first-order chi connectivity index (χ1) is 12.6. The SMILES string of the molecule is Cc1ccc(NC(=O)Cc2nc(CSCc3ccc(Cl)cc3)cs2)cc1. The molecule has 1 heterocycles. The maximum atomic E-state index is 12.1. The lowest BCUT2D eigenvalue weighted by Gasteiger charge is -2.04. The molecule has 2 aromatic carbocycles. The number of thioether (sulfide) groups is 1. The maximum Gasteiger partial charge on any atom is 0.231 e. The molecule has 0 aliphatic heterocycles. The predicted molar refractivity (Wildman–Crippen MR) is 112 cm³/mol. The lowest BCUT2D eigenvalue weighted by atomic mass is 10.2. The molecule has 3 aromatic rings. The molecule has 0 aliphatic carbocycles. The van der Waals surface area contributed by atoms with Crippen LogP contribution in [0, 0.1) is 6.92 Å². The summed E-state index contributed by atoms with van der Waals surface area (Å²) in [5, 5.41) is 6.54. The number of benzene rings is 2. The molecule has 0 aliphatic rings. The van der Waals surface area contributed by atoms with Gasteiger partial charge in [0.25, 0.3) is 0 Å². The first-order valence-electron chi connectivity index (χ1n) is 8.20. The highest BCUT2D eigenvalue weighted by atomic mass is 35.5. The Balaban J connectivity index is 1.45. The molecule has 0 saturated heterocycles. The smallest absolute Gasteiger partial charge is 0.231 e. The van der Waals surface area contributed by atoms with Crippen molar-refractivity contribution in [2.75, 3.05) is 5.32 Å². The quantitative estimate of drug-likeness (QED) is 0.549. The van der Waals surface area contributed by atoms with Gasteiger partial charge in [-0.05, 0) is 36.8 Å². The second-order valence-electron chi connectivity index (χ2n) is 5.94. The van der Waals surface area contributed by atoms with Gasteiger partial charge in [0.2, 0.25) is 5.91 Å². The van der Waals surface area contributed by atoms with Crippen LogP contribution in [0.15, 0.2) is 53.9 Å². The molecule has 1 aromatic heterocycles. The van der Waals surface area contributed by atoms with Gasteiger partial charge in [-0.1, -0.05) is 41.4 Å². The van der Waals surface area contributed by atoms with Crippen molar-refractivity contribution in [1.82, 2.24) is 4.98 Å². The van der Waals surface area contributed by atoms with Crippen LogP contribution in [0.4, 0.5) is 5.69 Å². The molecular weight excluding hydrogens is 384 g/mol. The fraction of sp³-hybridized carbons (Fsp3) is 0.200. The highest BCUT2D eigenvalue weighted by molar-refractivity contribution is 7.97. The third kappa shape index (κ3) is 5.87. The van der Waals surface area contributed by atoms with E-state index >= 15 is 0 Å². The van der Waals surface area contributed by atoms with Gasteiger partial charge in [0.1, 0.15) is 5.01 Å². The zero-order chi connectivity index (χ0) is 18.4. The van der Waals surface area contributed by atoms with Crippen molar-refractivity contribution in [3.63, 3.8) is 0 Å². The van der Waals surface area contributed by atoms with E-state index in [9.17, 15) is 4.79 Å². The Kier molecular flexibility index (Phi) is 6.72. The van der Waals surface area contributed by atoms with Crippen molar-refractivity contribution in [2.24, 2.45) is 0 Å². The molecule has 0 unspecified atom stereocenters. The number of nitrogens with zero attached hydrogens (tertiary/aromatic N) is 1. The lowest BCUT2D eigenvalue weighted by Crippen LogP contribution is -2.14. The lowest BCUT2D eigenvalue weighted by molar-refractivity contribution is -0.115. The predicted octanol–water partition coefficient (Wildman–Crippen LogP) is 5.72. The second-order valence-corrected chi connectivity index (χ2v) is 8.31. The molecule has 0 bridgehead atoms. The van der Waals surface area contributed by atoms with Crippen LogP contribution in [0.5, 0.6) is 0 Å². The van der Waals surface area contributed by atoms with Gasteiger partial charge in [-0.25, -0.2) is 4.98 Å². The normalized spacial score (nSPS) is 10.7. The minimum absolute atomic E-state index is 0.0384. The second kappa shape index (κ2) is 9.21. The summed E-state index contributed by atoms with van der Waals surface area (Å²) < 4.78 is 0. The van der Waals surface area contributed by atoms with Crippen molar-refractivity contribution in [3.05, 3.63) is 80.8 Å². The summed E-state index contributed by atoms with van der Waals surface area (Å²) in [6.07, 6.45) is 0.306. The van der Waals surface area contributed by atoms with Gasteiger partial charge in [-0.2, -0.15) is 11.8 Å². The summed E-state index contributed by atoms with van der Waals surface area (Å²) in [6.45, 7) is 2.02. The van der Waals surface area contributed by atoms with Crippen molar-refractivity contribution in [2.45, 2.75) is 24.9 Å². The molecule has 6 heteroatoms. The van der Waals surface area contributed by atoms with Crippen molar-refractivity contribution in [3.8, 4) is 0 Å². The number of aryl methyl sites for hydroxylation is 1. The van der Waals surface area contributed by atoms with Crippen molar-refractivity contribution >= 4 is 46.3 Å². The standard InChI is InChI=1S/C20H19ClN2OS2/c1-14-2-8-17(9-3-14)22-19(24)10-20-23-18(13-26-20)12-25-11-15-4-6-16(21)7-5-15/h2-9,13H,10-12H2,1H3,(H,22,24). The van der Waals surface area contributed by atoms with Crippen LogP contribution in [-0.2, 0) is 22.7 Å². The monoisotopic (exact) mass is 402 g/mol. The summed E-state index contributed by atoms with van der Waals surface area (Å²) in [6, 6.07) is 15.7. The summed E-state index contributed by atoms with van der Waals surface area (Å²) in [5.41, 5.74) is 4.25. The van der Waals surface area contributed by atoms with Gasteiger partial charge < -0.3 is 5.32 Å². The van der Waals surface area contributed by atoms with E-state index in [4.69, 9.17) is 11.6 Å². The number of halogens is 1. The number of hydrogen-bond donors (Lipinski definition) is 1. The zero-order valence-electron chi connectivity index (χ0n) is 14.4. The summed E-state index contributed by atoms with van der Waals surface area (Å²) >= 11 is 9.23. The van der Waals surface area contributed by atoms with Crippen LogP contribution >= 0.6 is 34.7 Å². The van der Waals surface area contributed by atoms with Crippen LogP contribution in [0.25, 0.3) is 0 Å². The van der Waals surface area contributed by atoms with E-state index in [1.54, 1.807) is 11.8 Å². The number of rotatable bonds is 7. The topological polar surface area (TPSA) is 42.0 Å². The molecule has 0 fully saturated rings. The summed E-state index contributed by atoms with van der Waals surface area (Å²) in [4.78, 5) is 16.7. The van der Waals surface area contributed by atoms with Crippen LogP contribution in [0.1, 0.15) is 21.8 Å². The van der Waals surface area contributed by atoms with Crippen molar-refractivity contribution in [1.29, 1.82) is 0 Å². The first kappa shape index (κ1) is 19.0.